The molecule has 0 saturated heterocycles. The van der Waals surface area contributed by atoms with Crippen LogP contribution in [0.2, 0.25) is 0 Å². The van der Waals surface area contributed by atoms with Crippen molar-refractivity contribution in [2.45, 2.75) is 5.54 Å². The lowest BCUT2D eigenvalue weighted by atomic mass is 9.74. The molecule has 1 aliphatic rings. The van der Waals surface area contributed by atoms with Gasteiger partial charge in [0.25, 0.3) is 5.54 Å². The lowest BCUT2D eigenvalue weighted by Gasteiger charge is -2.30. The molecule has 0 radical (unpaired) electrons. The third-order valence-corrected chi connectivity index (χ3v) is 4.59. The van der Waals surface area contributed by atoms with Crippen LogP contribution in [0.1, 0.15) is 5.56 Å². The number of primary amides is 2. The lowest BCUT2D eigenvalue weighted by Crippen LogP contribution is -2.48. The van der Waals surface area contributed by atoms with Crippen LogP contribution in [-0.4, -0.2) is 21.7 Å². The molecule has 0 saturated carbocycles. The molecule has 1 aliphatic carbocycles. The van der Waals surface area contributed by atoms with Gasteiger partial charge in [0.05, 0.1) is 11.3 Å². The van der Waals surface area contributed by atoms with E-state index in [2.05, 4.69) is 4.98 Å². The summed E-state index contributed by atoms with van der Waals surface area (Å²) in [5, 5.41) is 12.0. The van der Waals surface area contributed by atoms with E-state index < -0.39 is 34.0 Å². The summed E-state index contributed by atoms with van der Waals surface area (Å²) >= 11 is 0. The topological polar surface area (TPSA) is 142 Å². The Kier molecular flexibility index (Phi) is 4.74. The van der Waals surface area contributed by atoms with Crippen molar-refractivity contribution in [3.05, 3.63) is 87.9 Å². The van der Waals surface area contributed by atoms with Crippen molar-refractivity contribution < 1.29 is 18.9 Å². The molecule has 1 heterocycles. The molecule has 2 amide bonds. The van der Waals surface area contributed by atoms with E-state index in [1.54, 1.807) is 6.07 Å². The van der Waals surface area contributed by atoms with Gasteiger partial charge in [0.2, 0.25) is 11.8 Å². The maximum Gasteiger partial charge on any atom is 0.282 e. The zero-order valence-electron chi connectivity index (χ0n) is 14.4. The molecule has 1 aromatic heterocycles. The first kappa shape index (κ1) is 18.9. The van der Waals surface area contributed by atoms with Gasteiger partial charge in [-0.25, -0.2) is 4.39 Å². The molecule has 0 spiro atoms. The molecule has 2 aromatic rings. The van der Waals surface area contributed by atoms with Crippen LogP contribution in [0, 0.1) is 21.8 Å². The number of pyridine rings is 1. The molecule has 2 atom stereocenters. The number of nitrogens with zero attached hydrogens (tertiary/aromatic N) is 2. The van der Waals surface area contributed by atoms with E-state index in [0.29, 0.717) is 0 Å². The normalized spacial score (nSPS) is 21.0. The van der Waals surface area contributed by atoms with E-state index in [1.807, 2.05) is 0 Å². The molecule has 28 heavy (non-hydrogen) atoms. The molecule has 2 unspecified atom stereocenters. The number of halogens is 1. The molecule has 0 fully saturated rings. The van der Waals surface area contributed by atoms with Crippen molar-refractivity contribution in [3.8, 4) is 11.3 Å². The average Bonchev–Trinajstić information content (AvgIpc) is 2.67. The van der Waals surface area contributed by atoms with Crippen LogP contribution >= 0.6 is 0 Å². The van der Waals surface area contributed by atoms with Gasteiger partial charge < -0.3 is 11.5 Å². The van der Waals surface area contributed by atoms with Crippen LogP contribution in [-0.2, 0) is 15.1 Å². The second-order valence-corrected chi connectivity index (χ2v) is 6.20. The predicted molar refractivity (Wildman–Crippen MR) is 97.4 cm³/mol. The maximum absolute atomic E-state index is 14.0. The van der Waals surface area contributed by atoms with Gasteiger partial charge in [-0.1, -0.05) is 24.3 Å². The fraction of sp³-hybridized carbons (Fsp3) is 0.105. The summed E-state index contributed by atoms with van der Waals surface area (Å²) in [7, 11) is 0. The van der Waals surface area contributed by atoms with Gasteiger partial charge in [-0.05, 0) is 24.3 Å². The van der Waals surface area contributed by atoms with Crippen molar-refractivity contribution >= 4 is 11.8 Å². The smallest absolute Gasteiger partial charge is 0.282 e. The van der Waals surface area contributed by atoms with Gasteiger partial charge in [0, 0.05) is 28.3 Å². The Hall–Kier alpha value is -3.88. The van der Waals surface area contributed by atoms with Gasteiger partial charge in [-0.15, -0.1) is 0 Å². The summed E-state index contributed by atoms with van der Waals surface area (Å²) in [5.41, 5.74) is 8.80. The quantitative estimate of drug-likeness (QED) is 0.594. The Balaban J connectivity index is 2.17. The van der Waals surface area contributed by atoms with Crippen molar-refractivity contribution in [1.29, 1.82) is 0 Å². The highest BCUT2D eigenvalue weighted by molar-refractivity contribution is 5.96. The molecule has 0 bridgehead atoms. The van der Waals surface area contributed by atoms with Crippen LogP contribution in [0.25, 0.3) is 11.3 Å². The largest absolute Gasteiger partial charge is 0.369 e. The number of nitrogens with two attached hydrogens (primary N) is 2. The molecule has 4 N–H and O–H groups in total. The fourth-order valence-corrected chi connectivity index (χ4v) is 3.18. The van der Waals surface area contributed by atoms with Gasteiger partial charge in [-0.3, -0.25) is 24.7 Å². The number of benzene rings is 1. The Labute approximate surface area is 158 Å². The van der Waals surface area contributed by atoms with Crippen LogP contribution in [0.4, 0.5) is 4.39 Å². The molecule has 3 rings (SSSR count). The van der Waals surface area contributed by atoms with Gasteiger partial charge in [0.1, 0.15) is 11.7 Å². The molecular formula is C19H15FN4O4. The van der Waals surface area contributed by atoms with Crippen molar-refractivity contribution in [3.63, 3.8) is 0 Å². The third kappa shape index (κ3) is 3.02. The number of hydrogen-bond acceptors (Lipinski definition) is 5. The Bertz CT molecular complexity index is 1030. The predicted octanol–water partition coefficient (Wildman–Crippen LogP) is 1.44. The first-order chi connectivity index (χ1) is 13.3. The van der Waals surface area contributed by atoms with E-state index in [4.69, 9.17) is 11.5 Å². The van der Waals surface area contributed by atoms with Gasteiger partial charge in [-0.2, -0.15) is 0 Å². The number of hydrogen-bond donors (Lipinski definition) is 2. The number of nitro groups is 1. The molecule has 142 valence electrons. The highest BCUT2D eigenvalue weighted by atomic mass is 19.1. The average molecular weight is 382 g/mol. The molecule has 1 aromatic carbocycles. The monoisotopic (exact) mass is 382 g/mol. The zero-order chi connectivity index (χ0) is 20.5. The highest BCUT2D eigenvalue weighted by Gasteiger charge is 2.54. The first-order valence-corrected chi connectivity index (χ1v) is 8.13. The minimum Gasteiger partial charge on any atom is -0.369 e. The maximum atomic E-state index is 14.0. The van der Waals surface area contributed by atoms with E-state index in [-0.39, 0.29) is 22.4 Å². The van der Waals surface area contributed by atoms with Crippen LogP contribution in [0.15, 0.2) is 66.4 Å². The Morgan fingerprint density at radius 1 is 1.18 bits per heavy atom. The number of carbonyl (C=O) groups is 2. The Morgan fingerprint density at radius 2 is 1.89 bits per heavy atom. The number of rotatable bonds is 5. The van der Waals surface area contributed by atoms with Crippen molar-refractivity contribution in [1.82, 2.24) is 4.98 Å². The van der Waals surface area contributed by atoms with E-state index in [0.717, 1.165) is 12.3 Å². The Morgan fingerprint density at radius 3 is 2.43 bits per heavy atom. The minimum atomic E-state index is -2.16. The van der Waals surface area contributed by atoms with Crippen LogP contribution in [0.3, 0.4) is 0 Å². The van der Waals surface area contributed by atoms with Gasteiger partial charge in [0.15, 0.2) is 0 Å². The number of aromatic nitrogens is 1. The number of amides is 2. The van der Waals surface area contributed by atoms with Crippen molar-refractivity contribution in [2.24, 2.45) is 17.4 Å². The molecule has 9 heteroatoms. The summed E-state index contributed by atoms with van der Waals surface area (Å²) in [6.07, 6.45) is 4.57. The summed E-state index contributed by atoms with van der Waals surface area (Å²) in [5.74, 6) is -3.71. The third-order valence-electron chi connectivity index (χ3n) is 4.59. The van der Waals surface area contributed by atoms with Crippen molar-refractivity contribution in [2.75, 3.05) is 0 Å². The molecular weight excluding hydrogens is 367 g/mol. The molecule has 0 aliphatic heterocycles. The highest BCUT2D eigenvalue weighted by Crippen LogP contribution is 2.40. The van der Waals surface area contributed by atoms with Gasteiger partial charge >= 0.3 is 0 Å². The summed E-state index contributed by atoms with van der Waals surface area (Å²) in [6, 6.07) is 8.68. The summed E-state index contributed by atoms with van der Waals surface area (Å²) in [6.45, 7) is 0. The standard InChI is InChI=1S/C19H15FN4O4/c20-15-4-2-1-3-13(15)16-8-6-12(10-23-16)19(24(27)28)9-11(17(21)25)5-7-14(19)18(22)26/h1-10,14H,(H2,21,25)(H2,22,26). The van der Waals surface area contributed by atoms with E-state index >= 15 is 0 Å². The summed E-state index contributed by atoms with van der Waals surface area (Å²) < 4.78 is 14.0. The lowest BCUT2D eigenvalue weighted by molar-refractivity contribution is -0.569. The fourth-order valence-electron chi connectivity index (χ4n) is 3.18. The molecule has 8 nitrogen and oxygen atoms in total. The SMILES string of the molecule is NC(=O)C1=CC(c2ccc(-c3ccccc3F)nc2)([N+](=O)[O-])C(C(N)=O)C=C1. The number of carbonyl (C=O) groups excluding carboxylic acids is 2. The second-order valence-electron chi connectivity index (χ2n) is 6.20. The second kappa shape index (κ2) is 7.03. The van der Waals surface area contributed by atoms with Crippen LogP contribution < -0.4 is 11.5 Å². The first-order valence-electron chi connectivity index (χ1n) is 8.13. The van der Waals surface area contributed by atoms with Crippen LogP contribution in [0.5, 0.6) is 0 Å². The summed E-state index contributed by atoms with van der Waals surface area (Å²) in [4.78, 5) is 38.9. The van der Waals surface area contributed by atoms with E-state index in [9.17, 15) is 24.1 Å². The minimum absolute atomic E-state index is 0.00416. The zero-order valence-corrected chi connectivity index (χ0v) is 14.4. The van der Waals surface area contributed by atoms with E-state index in [1.165, 1.54) is 42.5 Å².